The van der Waals surface area contributed by atoms with E-state index < -0.39 is 0 Å². The number of halogens is 1. The highest BCUT2D eigenvalue weighted by atomic mass is 35.5. The van der Waals surface area contributed by atoms with Crippen molar-refractivity contribution in [2.75, 3.05) is 18.6 Å². The molecule has 1 aliphatic rings. The molecule has 1 unspecified atom stereocenters. The predicted octanol–water partition coefficient (Wildman–Crippen LogP) is 3.92. The van der Waals surface area contributed by atoms with Crippen LogP contribution in [0.2, 0.25) is 5.02 Å². The fourth-order valence-electron chi connectivity index (χ4n) is 3.04. The molecule has 6 nitrogen and oxygen atoms in total. The van der Waals surface area contributed by atoms with E-state index in [1.807, 2.05) is 42.5 Å². The zero-order valence-corrected chi connectivity index (χ0v) is 14.8. The number of ether oxygens (including phenoxy) is 1. The molecule has 132 valence electrons. The van der Waals surface area contributed by atoms with Crippen molar-refractivity contribution in [2.24, 2.45) is 0 Å². The van der Waals surface area contributed by atoms with Gasteiger partial charge in [-0.05, 0) is 36.4 Å². The number of carbonyl (C=O) groups is 1. The fraction of sp³-hybridized carbons (Fsp3) is 0.211. The first kappa shape index (κ1) is 16.6. The maximum Gasteiger partial charge on any atom is 0.257 e. The lowest BCUT2D eigenvalue weighted by molar-refractivity contribution is -0.117. The third-order valence-electron chi connectivity index (χ3n) is 4.41. The summed E-state index contributed by atoms with van der Waals surface area (Å²) in [7, 11) is 1.61. The molecule has 0 bridgehead atoms. The highest BCUT2D eigenvalue weighted by Crippen LogP contribution is 2.34. The van der Waals surface area contributed by atoms with Crippen LogP contribution in [-0.4, -0.2) is 29.7 Å². The highest BCUT2D eigenvalue weighted by Gasteiger charge is 2.35. The van der Waals surface area contributed by atoms with E-state index in [-0.39, 0.29) is 11.8 Å². The Morgan fingerprint density at radius 2 is 1.96 bits per heavy atom. The van der Waals surface area contributed by atoms with Crippen LogP contribution < -0.4 is 9.64 Å². The van der Waals surface area contributed by atoms with Crippen LogP contribution in [0.1, 0.15) is 18.2 Å². The van der Waals surface area contributed by atoms with Crippen LogP contribution in [0.15, 0.2) is 53.1 Å². The van der Waals surface area contributed by atoms with Crippen molar-refractivity contribution in [3.8, 4) is 17.2 Å². The first-order valence-corrected chi connectivity index (χ1v) is 8.56. The van der Waals surface area contributed by atoms with Crippen molar-refractivity contribution >= 4 is 23.2 Å². The number of nitrogens with zero attached hydrogens (tertiary/aromatic N) is 3. The van der Waals surface area contributed by atoms with Gasteiger partial charge in [0.1, 0.15) is 5.75 Å². The second-order valence-electron chi connectivity index (χ2n) is 6.04. The van der Waals surface area contributed by atoms with Crippen LogP contribution in [0, 0.1) is 0 Å². The molecule has 2 heterocycles. The Hall–Kier alpha value is -2.86. The van der Waals surface area contributed by atoms with Crippen molar-refractivity contribution in [1.82, 2.24) is 10.1 Å². The van der Waals surface area contributed by atoms with Crippen molar-refractivity contribution in [3.63, 3.8) is 0 Å². The quantitative estimate of drug-likeness (QED) is 0.697. The molecule has 1 saturated heterocycles. The van der Waals surface area contributed by atoms with Crippen molar-refractivity contribution in [3.05, 3.63) is 59.4 Å². The van der Waals surface area contributed by atoms with Gasteiger partial charge in [0.2, 0.25) is 5.91 Å². The maximum absolute atomic E-state index is 12.4. The molecule has 4 rings (SSSR count). The van der Waals surface area contributed by atoms with Crippen LogP contribution in [0.5, 0.6) is 5.75 Å². The Morgan fingerprint density at radius 1 is 1.19 bits per heavy atom. The van der Waals surface area contributed by atoms with E-state index in [2.05, 4.69) is 10.1 Å². The average molecular weight is 370 g/mol. The summed E-state index contributed by atoms with van der Waals surface area (Å²) in [6, 6.07) is 14.7. The zero-order chi connectivity index (χ0) is 18.1. The summed E-state index contributed by atoms with van der Waals surface area (Å²) in [6.07, 6.45) is 0.326. The van der Waals surface area contributed by atoms with E-state index >= 15 is 0 Å². The van der Waals surface area contributed by atoms with Gasteiger partial charge in [-0.2, -0.15) is 4.98 Å². The minimum Gasteiger partial charge on any atom is -0.497 e. The van der Waals surface area contributed by atoms with Crippen molar-refractivity contribution < 1.29 is 14.1 Å². The van der Waals surface area contributed by atoms with E-state index in [4.69, 9.17) is 20.9 Å². The number of hydrogen-bond acceptors (Lipinski definition) is 5. The molecule has 1 aliphatic heterocycles. The molecule has 2 aromatic carbocycles. The largest absolute Gasteiger partial charge is 0.497 e. The summed E-state index contributed by atoms with van der Waals surface area (Å²) in [4.78, 5) is 18.6. The van der Waals surface area contributed by atoms with Crippen LogP contribution >= 0.6 is 11.6 Å². The number of methoxy groups -OCH3 is 1. The van der Waals surface area contributed by atoms with Gasteiger partial charge < -0.3 is 14.2 Å². The first-order chi connectivity index (χ1) is 12.7. The standard InChI is InChI=1S/C19H16ClN3O3/c1-25-14-8-6-12(7-9-14)19-21-18(22-26-19)13-10-17(24)23(11-13)16-5-3-2-4-15(16)20/h2-9,13H,10-11H2,1H3. The van der Waals surface area contributed by atoms with E-state index in [9.17, 15) is 4.79 Å². The molecule has 1 amide bonds. The minimum absolute atomic E-state index is 0.00102. The van der Waals surface area contributed by atoms with Crippen LogP contribution in [0.3, 0.4) is 0 Å². The lowest BCUT2D eigenvalue weighted by Gasteiger charge is -2.17. The van der Waals surface area contributed by atoms with Gasteiger partial charge in [-0.25, -0.2) is 0 Å². The van der Waals surface area contributed by atoms with Crippen LogP contribution in [0.25, 0.3) is 11.5 Å². The van der Waals surface area contributed by atoms with Gasteiger partial charge in [-0.15, -0.1) is 0 Å². The molecule has 1 aromatic heterocycles. The Kier molecular flexibility index (Phi) is 4.34. The summed E-state index contributed by atoms with van der Waals surface area (Å²) < 4.78 is 10.5. The number of benzene rings is 2. The second kappa shape index (κ2) is 6.80. The van der Waals surface area contributed by atoms with Crippen LogP contribution in [0.4, 0.5) is 5.69 Å². The first-order valence-electron chi connectivity index (χ1n) is 8.18. The lowest BCUT2D eigenvalue weighted by Crippen LogP contribution is -2.24. The molecule has 1 atom stereocenters. The molecule has 1 fully saturated rings. The minimum atomic E-state index is -0.130. The monoisotopic (exact) mass is 369 g/mol. The molecule has 0 N–H and O–H groups in total. The average Bonchev–Trinajstić information content (AvgIpc) is 3.29. The SMILES string of the molecule is COc1ccc(-c2nc(C3CC(=O)N(c4ccccc4Cl)C3)no2)cc1. The van der Waals surface area contributed by atoms with E-state index in [0.717, 1.165) is 11.3 Å². The maximum atomic E-state index is 12.4. The van der Waals surface area contributed by atoms with E-state index in [0.29, 0.717) is 35.4 Å². The number of carbonyl (C=O) groups excluding carboxylic acids is 1. The normalized spacial score (nSPS) is 16.9. The van der Waals surface area contributed by atoms with Gasteiger partial charge in [0.05, 0.1) is 17.8 Å². The Morgan fingerprint density at radius 3 is 2.69 bits per heavy atom. The molecular formula is C19H16ClN3O3. The number of hydrogen-bond donors (Lipinski definition) is 0. The number of para-hydroxylation sites is 1. The van der Waals surface area contributed by atoms with E-state index in [1.54, 1.807) is 18.1 Å². The number of anilines is 1. The van der Waals surface area contributed by atoms with Gasteiger partial charge in [0.15, 0.2) is 5.82 Å². The summed E-state index contributed by atoms with van der Waals surface area (Å²) in [5.41, 5.74) is 1.51. The van der Waals surface area contributed by atoms with Gasteiger partial charge >= 0.3 is 0 Å². The van der Waals surface area contributed by atoms with Gasteiger partial charge in [-0.1, -0.05) is 28.9 Å². The molecular weight excluding hydrogens is 354 g/mol. The zero-order valence-electron chi connectivity index (χ0n) is 14.1. The van der Waals surface area contributed by atoms with Gasteiger partial charge in [0.25, 0.3) is 5.89 Å². The Bertz CT molecular complexity index is 939. The Balaban J connectivity index is 1.55. The third-order valence-corrected chi connectivity index (χ3v) is 4.73. The second-order valence-corrected chi connectivity index (χ2v) is 6.45. The Labute approximate surface area is 155 Å². The number of amides is 1. The number of rotatable bonds is 4. The van der Waals surface area contributed by atoms with Crippen LogP contribution in [-0.2, 0) is 4.79 Å². The summed E-state index contributed by atoms with van der Waals surface area (Å²) in [5.74, 6) is 1.57. The van der Waals surface area contributed by atoms with E-state index in [1.165, 1.54) is 0 Å². The smallest absolute Gasteiger partial charge is 0.257 e. The van der Waals surface area contributed by atoms with Gasteiger partial charge in [-0.3, -0.25) is 4.79 Å². The summed E-state index contributed by atoms with van der Waals surface area (Å²) in [6.45, 7) is 0.476. The topological polar surface area (TPSA) is 68.5 Å². The molecule has 0 radical (unpaired) electrons. The molecule has 3 aromatic rings. The molecule has 7 heteroatoms. The van der Waals surface area contributed by atoms with Gasteiger partial charge in [0, 0.05) is 24.4 Å². The summed E-state index contributed by atoms with van der Waals surface area (Å²) >= 11 is 6.22. The predicted molar refractivity (Wildman–Crippen MR) is 97.4 cm³/mol. The van der Waals surface area contributed by atoms with Crippen molar-refractivity contribution in [1.29, 1.82) is 0 Å². The highest BCUT2D eigenvalue weighted by molar-refractivity contribution is 6.33. The van der Waals surface area contributed by atoms with Crippen molar-refractivity contribution in [2.45, 2.75) is 12.3 Å². The summed E-state index contributed by atoms with van der Waals surface area (Å²) in [5, 5.41) is 4.62. The molecule has 26 heavy (non-hydrogen) atoms. The number of aromatic nitrogens is 2. The third kappa shape index (κ3) is 3.04. The lowest BCUT2D eigenvalue weighted by atomic mass is 10.1. The molecule has 0 aliphatic carbocycles. The molecule has 0 saturated carbocycles. The fourth-order valence-corrected chi connectivity index (χ4v) is 3.27. The molecule has 0 spiro atoms.